The third-order valence-electron chi connectivity index (χ3n) is 6.41. The van der Waals surface area contributed by atoms with Gasteiger partial charge in [0.15, 0.2) is 6.10 Å². The second-order valence-electron chi connectivity index (χ2n) is 11.6. The van der Waals surface area contributed by atoms with Crippen molar-refractivity contribution in [2.75, 3.05) is 47.5 Å². The van der Waals surface area contributed by atoms with Gasteiger partial charge in [-0.25, -0.2) is 0 Å². The van der Waals surface area contributed by atoms with Crippen molar-refractivity contribution in [3.05, 3.63) is 0 Å². The number of likely N-dealkylation sites (N-methyl/N-ethyl adjacent to an activating group) is 1. The van der Waals surface area contributed by atoms with Gasteiger partial charge in [0.2, 0.25) is 0 Å². The molecule has 0 aliphatic rings. The lowest BCUT2D eigenvalue weighted by Gasteiger charge is -2.28. The third kappa shape index (κ3) is 28.4. The molecule has 0 aliphatic carbocycles. The fourth-order valence-electron chi connectivity index (χ4n) is 3.93. The molecule has 11 nitrogen and oxygen atoms in total. The van der Waals surface area contributed by atoms with Gasteiger partial charge in [-0.05, 0) is 12.8 Å². The molecule has 0 heterocycles. The lowest BCUT2D eigenvalue weighted by atomic mass is 10.0. The van der Waals surface area contributed by atoms with Crippen LogP contribution in [-0.4, -0.2) is 81.1 Å². The maximum absolute atomic E-state index is 12.2. The summed E-state index contributed by atoms with van der Waals surface area (Å²) in [4.78, 5) is 47.1. The molecule has 2 atom stereocenters. The van der Waals surface area contributed by atoms with Gasteiger partial charge in [-0.3, -0.25) is 18.9 Å². The van der Waals surface area contributed by atoms with Crippen LogP contribution in [0.5, 0.6) is 0 Å². The molecule has 0 aromatic rings. The molecule has 0 spiro atoms. The number of phosphoric ester groups is 1. The molecular formula is C29H56NO10P. The van der Waals surface area contributed by atoms with Crippen LogP contribution >= 0.6 is 7.82 Å². The Morgan fingerprint density at radius 1 is 0.732 bits per heavy atom. The zero-order chi connectivity index (χ0) is 31.0. The minimum absolute atomic E-state index is 0.0643. The lowest BCUT2D eigenvalue weighted by Crippen LogP contribution is -2.37. The van der Waals surface area contributed by atoms with Gasteiger partial charge in [-0.15, -0.1) is 0 Å². The smallest absolute Gasteiger partial charge is 0.306 e. The maximum Gasteiger partial charge on any atom is 0.306 e. The van der Waals surface area contributed by atoms with Gasteiger partial charge in [-0.2, -0.15) is 0 Å². The van der Waals surface area contributed by atoms with Gasteiger partial charge in [0.05, 0.1) is 27.7 Å². The molecule has 41 heavy (non-hydrogen) atoms. The minimum atomic E-state index is -4.67. The van der Waals surface area contributed by atoms with E-state index in [4.69, 9.17) is 23.6 Å². The molecule has 0 radical (unpaired) electrons. The van der Waals surface area contributed by atoms with Crippen LogP contribution in [0.2, 0.25) is 0 Å². The van der Waals surface area contributed by atoms with E-state index in [0.29, 0.717) is 17.4 Å². The van der Waals surface area contributed by atoms with Gasteiger partial charge in [0, 0.05) is 19.3 Å². The molecule has 0 aromatic heterocycles. The zero-order valence-electron chi connectivity index (χ0n) is 25.9. The van der Waals surface area contributed by atoms with Gasteiger partial charge in [0.1, 0.15) is 19.8 Å². The number of ether oxygens (including phenoxy) is 2. The maximum atomic E-state index is 12.2. The highest BCUT2D eigenvalue weighted by atomic mass is 31.2. The van der Waals surface area contributed by atoms with Gasteiger partial charge >= 0.3 is 17.9 Å². The minimum Gasteiger partial charge on any atom is -0.756 e. The summed E-state index contributed by atoms with van der Waals surface area (Å²) in [6.07, 6.45) is 14.2. The molecule has 1 unspecified atom stereocenters. The molecule has 0 amide bonds. The second kappa shape index (κ2) is 24.0. The van der Waals surface area contributed by atoms with Crippen LogP contribution in [0.1, 0.15) is 116 Å². The molecule has 1 N–H and O–H groups in total. The topological polar surface area (TPSA) is 148 Å². The van der Waals surface area contributed by atoms with Gasteiger partial charge in [0.25, 0.3) is 7.82 Å². The van der Waals surface area contributed by atoms with E-state index < -0.39 is 38.4 Å². The van der Waals surface area contributed by atoms with E-state index in [9.17, 15) is 23.8 Å². The van der Waals surface area contributed by atoms with Crippen molar-refractivity contribution in [2.24, 2.45) is 0 Å². The summed E-state index contributed by atoms with van der Waals surface area (Å²) in [5.41, 5.74) is 0. The highest BCUT2D eigenvalue weighted by molar-refractivity contribution is 7.45. The predicted molar refractivity (Wildman–Crippen MR) is 155 cm³/mol. The van der Waals surface area contributed by atoms with Crippen LogP contribution in [0.25, 0.3) is 0 Å². The van der Waals surface area contributed by atoms with Crippen molar-refractivity contribution in [1.29, 1.82) is 0 Å². The van der Waals surface area contributed by atoms with E-state index in [1.54, 1.807) is 0 Å². The molecule has 0 fully saturated rings. The predicted octanol–water partition coefficient (Wildman–Crippen LogP) is 5.39. The van der Waals surface area contributed by atoms with E-state index in [-0.39, 0.29) is 38.9 Å². The number of aliphatic carboxylic acids is 1. The van der Waals surface area contributed by atoms with Crippen molar-refractivity contribution in [3.63, 3.8) is 0 Å². The molecule has 0 aromatic carbocycles. The molecular weight excluding hydrogens is 553 g/mol. The number of hydrogen-bond donors (Lipinski definition) is 1. The quantitative estimate of drug-likeness (QED) is 0.0530. The number of rotatable bonds is 28. The number of carboxylic acid groups (broad SMARTS) is 1. The highest BCUT2D eigenvalue weighted by Crippen LogP contribution is 2.38. The van der Waals surface area contributed by atoms with E-state index >= 15 is 0 Å². The van der Waals surface area contributed by atoms with Crippen molar-refractivity contribution in [2.45, 2.75) is 122 Å². The number of unbranched alkanes of at least 4 members (excludes halogenated alkanes) is 12. The summed E-state index contributed by atoms with van der Waals surface area (Å²) in [5.74, 6) is -2.25. The molecule has 0 saturated heterocycles. The van der Waals surface area contributed by atoms with E-state index in [0.717, 1.165) is 19.3 Å². The summed E-state index contributed by atoms with van der Waals surface area (Å²) in [6, 6.07) is 0. The number of phosphoric acid groups is 1. The first-order valence-corrected chi connectivity index (χ1v) is 16.8. The molecule has 0 bridgehead atoms. The number of carbonyl (C=O) groups excluding carboxylic acids is 2. The summed E-state index contributed by atoms with van der Waals surface area (Å²) in [6.45, 7) is 1.61. The number of nitrogens with zero attached hydrogens (tertiary/aromatic N) is 1. The van der Waals surface area contributed by atoms with Crippen molar-refractivity contribution < 1.29 is 52.0 Å². The van der Waals surface area contributed by atoms with Gasteiger partial charge < -0.3 is 33.0 Å². The number of carbonyl (C=O) groups is 3. The van der Waals surface area contributed by atoms with Crippen LogP contribution in [0.4, 0.5) is 0 Å². The second-order valence-corrected chi connectivity index (χ2v) is 13.0. The Labute approximate surface area is 247 Å². The first-order valence-electron chi connectivity index (χ1n) is 15.3. The first-order chi connectivity index (χ1) is 19.3. The lowest BCUT2D eigenvalue weighted by molar-refractivity contribution is -0.870. The van der Waals surface area contributed by atoms with Crippen LogP contribution in [-0.2, 0) is 37.5 Å². The van der Waals surface area contributed by atoms with Crippen molar-refractivity contribution >= 4 is 25.7 Å². The molecule has 0 aliphatic heterocycles. The van der Waals surface area contributed by atoms with E-state index in [1.165, 1.54) is 57.8 Å². The van der Waals surface area contributed by atoms with Crippen molar-refractivity contribution in [1.82, 2.24) is 0 Å². The van der Waals surface area contributed by atoms with E-state index in [2.05, 4.69) is 6.92 Å². The Kier molecular flexibility index (Phi) is 23.1. The molecule has 12 heteroatoms. The van der Waals surface area contributed by atoms with Gasteiger partial charge in [-0.1, -0.05) is 84.0 Å². The number of esters is 2. The zero-order valence-corrected chi connectivity index (χ0v) is 26.8. The molecule has 242 valence electrons. The first kappa shape index (κ1) is 39.5. The average molecular weight is 610 g/mol. The number of hydrogen-bond acceptors (Lipinski definition) is 9. The Balaban J connectivity index is 4.34. The standard InChI is InChI=1S/C29H56NO10P/c1-5-6-7-8-9-10-11-12-13-14-15-16-17-20-28(33)37-24-26(40-29(34)21-18-19-27(31)32)25-39-41(35,36)38-23-22-30(2,3)4/h26H,5-25H2,1-4H3,(H-,31,32,35,36)/t26-/m1/s1. The SMILES string of the molecule is CCCCCCCCCCCCCCCC(=O)OC[C@H](COP(=O)([O-])OCC[N+](C)(C)C)OC(=O)CCCC(=O)O. The Morgan fingerprint density at radius 3 is 1.76 bits per heavy atom. The fraction of sp³-hybridized carbons (Fsp3) is 0.897. The average Bonchev–Trinajstić information content (AvgIpc) is 2.87. The Hall–Kier alpha value is -1.52. The monoisotopic (exact) mass is 609 g/mol. The summed E-state index contributed by atoms with van der Waals surface area (Å²) in [7, 11) is 0.972. The number of carboxylic acids is 1. The van der Waals surface area contributed by atoms with Crippen LogP contribution in [0.15, 0.2) is 0 Å². The Bertz CT molecular complexity index is 756. The number of quaternary nitrogens is 1. The van der Waals surface area contributed by atoms with Crippen molar-refractivity contribution in [3.8, 4) is 0 Å². The largest absolute Gasteiger partial charge is 0.756 e. The summed E-state index contributed by atoms with van der Waals surface area (Å²) >= 11 is 0. The van der Waals surface area contributed by atoms with Crippen LogP contribution in [0, 0.1) is 0 Å². The molecule has 0 rings (SSSR count). The summed E-state index contributed by atoms with van der Waals surface area (Å²) < 4.78 is 32.8. The third-order valence-corrected chi connectivity index (χ3v) is 7.38. The normalized spacial score (nSPS) is 13.9. The Morgan fingerprint density at radius 2 is 1.24 bits per heavy atom. The van der Waals surface area contributed by atoms with Crippen LogP contribution in [0.3, 0.4) is 0 Å². The molecule has 0 saturated carbocycles. The highest BCUT2D eigenvalue weighted by Gasteiger charge is 2.21. The summed E-state index contributed by atoms with van der Waals surface area (Å²) in [5, 5.41) is 8.73. The van der Waals surface area contributed by atoms with E-state index in [1.807, 2.05) is 21.1 Å². The fourth-order valence-corrected chi connectivity index (χ4v) is 4.66. The van der Waals surface area contributed by atoms with Crippen LogP contribution < -0.4 is 4.89 Å².